The highest BCUT2D eigenvalue weighted by Crippen LogP contribution is 2.19. The maximum Gasteiger partial charge on any atom is 0.255 e. The van der Waals surface area contributed by atoms with Gasteiger partial charge in [0.05, 0.1) is 22.2 Å². The maximum absolute atomic E-state index is 12.5. The normalized spacial score (nSPS) is 10.3. The highest BCUT2D eigenvalue weighted by molar-refractivity contribution is 7.80. The van der Waals surface area contributed by atoms with Gasteiger partial charge in [-0.25, -0.2) is 0 Å². The molecule has 4 nitrogen and oxygen atoms in total. The van der Waals surface area contributed by atoms with Crippen LogP contribution in [0.25, 0.3) is 0 Å². The van der Waals surface area contributed by atoms with Gasteiger partial charge in [0.25, 0.3) is 5.91 Å². The number of carbonyl (C=O) groups is 1. The van der Waals surface area contributed by atoms with E-state index >= 15 is 0 Å². The van der Waals surface area contributed by atoms with Gasteiger partial charge in [0, 0.05) is 26.6 Å². The van der Waals surface area contributed by atoms with Gasteiger partial charge in [-0.1, -0.05) is 29.9 Å². The van der Waals surface area contributed by atoms with Crippen LogP contribution in [0.1, 0.15) is 22.3 Å². The number of halogens is 1. The Morgan fingerprint density at radius 1 is 1.45 bits per heavy atom. The second kappa shape index (κ2) is 8.19. The zero-order valence-corrected chi connectivity index (χ0v) is 13.3. The molecule has 0 heterocycles. The van der Waals surface area contributed by atoms with Gasteiger partial charge in [0.2, 0.25) is 0 Å². The summed E-state index contributed by atoms with van der Waals surface area (Å²) in [7, 11) is 1.59. The minimum atomic E-state index is -0.136. The number of methoxy groups -OCH3 is 1. The standard InChI is InChI=1S/C14H19ClN2O2S/c1-10-3-4-11(12(15)9-10)14(18)17(7-8-19-2)6-5-13(16)20/h3-4,9H,5-8H2,1-2H3,(H2,16,20). The molecule has 110 valence electrons. The van der Waals surface area contributed by atoms with E-state index in [1.807, 2.05) is 13.0 Å². The molecule has 2 N–H and O–H groups in total. The molecule has 0 aliphatic heterocycles. The molecule has 20 heavy (non-hydrogen) atoms. The summed E-state index contributed by atoms with van der Waals surface area (Å²) in [6, 6.07) is 5.37. The Balaban J connectivity index is 2.87. The molecule has 0 fully saturated rings. The van der Waals surface area contributed by atoms with Gasteiger partial charge in [0.15, 0.2) is 0 Å². The summed E-state index contributed by atoms with van der Waals surface area (Å²) in [6.45, 7) is 3.31. The van der Waals surface area contributed by atoms with Crippen LogP contribution in [0.3, 0.4) is 0 Å². The molecule has 0 saturated carbocycles. The second-order valence-corrected chi connectivity index (χ2v) is 5.42. The molecule has 0 saturated heterocycles. The van der Waals surface area contributed by atoms with Crippen LogP contribution in [0.5, 0.6) is 0 Å². The Kier molecular flexibility index (Phi) is 6.91. The Morgan fingerprint density at radius 2 is 2.15 bits per heavy atom. The van der Waals surface area contributed by atoms with Crippen LogP contribution in [0.4, 0.5) is 0 Å². The number of rotatable bonds is 7. The largest absolute Gasteiger partial charge is 0.393 e. The summed E-state index contributed by atoms with van der Waals surface area (Å²) in [5.74, 6) is -0.136. The van der Waals surface area contributed by atoms with Crippen LogP contribution in [0.2, 0.25) is 5.02 Å². The van der Waals surface area contributed by atoms with E-state index in [4.69, 9.17) is 34.3 Å². The third-order valence-electron chi connectivity index (χ3n) is 2.84. The number of amides is 1. The van der Waals surface area contributed by atoms with Crippen molar-refractivity contribution >= 4 is 34.7 Å². The zero-order valence-electron chi connectivity index (χ0n) is 11.7. The van der Waals surface area contributed by atoms with Crippen molar-refractivity contribution in [3.8, 4) is 0 Å². The molecule has 0 aromatic heterocycles. The lowest BCUT2D eigenvalue weighted by Crippen LogP contribution is -2.36. The van der Waals surface area contributed by atoms with Crippen LogP contribution in [0.15, 0.2) is 18.2 Å². The number of carbonyl (C=O) groups excluding carboxylic acids is 1. The van der Waals surface area contributed by atoms with E-state index in [1.54, 1.807) is 24.1 Å². The summed E-state index contributed by atoms with van der Waals surface area (Å²) in [4.78, 5) is 14.5. The van der Waals surface area contributed by atoms with E-state index < -0.39 is 0 Å². The van der Waals surface area contributed by atoms with Gasteiger partial charge < -0.3 is 15.4 Å². The highest BCUT2D eigenvalue weighted by Gasteiger charge is 2.18. The fourth-order valence-corrected chi connectivity index (χ4v) is 2.13. The predicted octanol–water partition coefficient (Wildman–Crippen LogP) is 2.41. The first-order valence-corrected chi connectivity index (χ1v) is 7.07. The van der Waals surface area contributed by atoms with Crippen molar-refractivity contribution in [3.05, 3.63) is 34.3 Å². The third kappa shape index (κ3) is 5.07. The summed E-state index contributed by atoms with van der Waals surface area (Å²) in [5, 5.41) is 0.452. The lowest BCUT2D eigenvalue weighted by molar-refractivity contribution is 0.0701. The van der Waals surface area contributed by atoms with Crippen molar-refractivity contribution in [1.29, 1.82) is 0 Å². The van der Waals surface area contributed by atoms with Crippen molar-refractivity contribution in [3.63, 3.8) is 0 Å². The number of nitrogens with two attached hydrogens (primary N) is 1. The highest BCUT2D eigenvalue weighted by atomic mass is 35.5. The Bertz CT molecular complexity index is 494. The molecule has 1 aromatic rings. The van der Waals surface area contributed by atoms with Crippen LogP contribution in [-0.2, 0) is 4.74 Å². The number of ether oxygens (including phenoxy) is 1. The summed E-state index contributed by atoms with van der Waals surface area (Å²) in [6.07, 6.45) is 0.480. The molecule has 0 unspecified atom stereocenters. The Labute approximate surface area is 129 Å². The Hall–Kier alpha value is -1.17. The SMILES string of the molecule is COCCN(CCC(N)=S)C(=O)c1ccc(C)cc1Cl. The Morgan fingerprint density at radius 3 is 2.70 bits per heavy atom. The molecule has 0 bridgehead atoms. The number of hydrogen-bond acceptors (Lipinski definition) is 3. The summed E-state index contributed by atoms with van der Waals surface area (Å²) < 4.78 is 5.02. The molecule has 6 heteroatoms. The summed E-state index contributed by atoms with van der Waals surface area (Å²) >= 11 is 11.0. The van der Waals surface area contributed by atoms with E-state index in [9.17, 15) is 4.79 Å². The molecule has 0 aliphatic carbocycles. The molecule has 0 aliphatic rings. The van der Waals surface area contributed by atoms with Crippen molar-refractivity contribution in [2.75, 3.05) is 26.8 Å². The van der Waals surface area contributed by atoms with Gasteiger partial charge in [0.1, 0.15) is 0 Å². The van der Waals surface area contributed by atoms with Gasteiger partial charge in [-0.2, -0.15) is 0 Å². The molecule has 0 atom stereocenters. The van der Waals surface area contributed by atoms with E-state index in [2.05, 4.69) is 0 Å². The maximum atomic E-state index is 12.5. The average Bonchev–Trinajstić information content (AvgIpc) is 2.38. The van der Waals surface area contributed by atoms with Crippen molar-refractivity contribution in [2.24, 2.45) is 5.73 Å². The first-order valence-electron chi connectivity index (χ1n) is 6.28. The van der Waals surface area contributed by atoms with Gasteiger partial charge >= 0.3 is 0 Å². The molecular formula is C14H19ClN2O2S. The number of hydrogen-bond donors (Lipinski definition) is 1. The van der Waals surface area contributed by atoms with E-state index in [0.717, 1.165) is 5.56 Å². The van der Waals surface area contributed by atoms with Gasteiger partial charge in [-0.05, 0) is 24.6 Å². The molecular weight excluding hydrogens is 296 g/mol. The monoisotopic (exact) mass is 314 g/mol. The van der Waals surface area contributed by atoms with E-state index in [0.29, 0.717) is 41.7 Å². The van der Waals surface area contributed by atoms with Crippen LogP contribution in [0, 0.1) is 6.92 Å². The van der Waals surface area contributed by atoms with Crippen molar-refractivity contribution < 1.29 is 9.53 Å². The molecule has 0 radical (unpaired) electrons. The summed E-state index contributed by atoms with van der Waals surface area (Å²) in [5.41, 5.74) is 6.99. The van der Waals surface area contributed by atoms with Crippen LogP contribution < -0.4 is 5.73 Å². The number of aryl methyl sites for hydroxylation is 1. The van der Waals surface area contributed by atoms with E-state index in [1.165, 1.54) is 0 Å². The van der Waals surface area contributed by atoms with Crippen LogP contribution >= 0.6 is 23.8 Å². The predicted molar refractivity (Wildman–Crippen MR) is 85.4 cm³/mol. The third-order valence-corrected chi connectivity index (χ3v) is 3.35. The second-order valence-electron chi connectivity index (χ2n) is 4.48. The van der Waals surface area contributed by atoms with Gasteiger partial charge in [-0.15, -0.1) is 0 Å². The minimum Gasteiger partial charge on any atom is -0.393 e. The first-order chi connectivity index (χ1) is 9.45. The fraction of sp³-hybridized carbons (Fsp3) is 0.429. The lowest BCUT2D eigenvalue weighted by atomic mass is 10.1. The van der Waals surface area contributed by atoms with Crippen molar-refractivity contribution in [1.82, 2.24) is 4.90 Å². The minimum absolute atomic E-state index is 0.136. The number of thiocarbonyl (C=S) groups is 1. The smallest absolute Gasteiger partial charge is 0.255 e. The van der Waals surface area contributed by atoms with Crippen LogP contribution in [-0.4, -0.2) is 42.6 Å². The molecule has 1 aromatic carbocycles. The molecule has 1 rings (SSSR count). The average molecular weight is 315 g/mol. The molecule has 1 amide bonds. The van der Waals surface area contributed by atoms with Crippen molar-refractivity contribution in [2.45, 2.75) is 13.3 Å². The lowest BCUT2D eigenvalue weighted by Gasteiger charge is -2.22. The molecule has 0 spiro atoms. The quantitative estimate of drug-likeness (QED) is 0.785. The zero-order chi connectivity index (χ0) is 15.1. The first kappa shape index (κ1) is 16.9. The van der Waals surface area contributed by atoms with E-state index in [-0.39, 0.29) is 5.91 Å². The fourth-order valence-electron chi connectivity index (χ4n) is 1.73. The number of nitrogens with zero attached hydrogens (tertiary/aromatic N) is 1. The topological polar surface area (TPSA) is 55.6 Å². The number of benzene rings is 1. The van der Waals surface area contributed by atoms with Gasteiger partial charge in [-0.3, -0.25) is 4.79 Å².